The summed E-state index contributed by atoms with van der Waals surface area (Å²) in [7, 11) is 0. The zero-order chi connectivity index (χ0) is 14.7. The maximum absolute atomic E-state index is 12.2. The van der Waals surface area contributed by atoms with Crippen LogP contribution in [0.3, 0.4) is 0 Å². The van der Waals surface area contributed by atoms with Crippen molar-refractivity contribution < 1.29 is 13.5 Å². The molecule has 0 N–H and O–H groups in total. The van der Waals surface area contributed by atoms with Gasteiger partial charge in [0.25, 0.3) is 6.43 Å². The van der Waals surface area contributed by atoms with E-state index in [1.807, 2.05) is 6.07 Å². The Morgan fingerprint density at radius 1 is 1.50 bits per heavy atom. The molecule has 0 saturated carbocycles. The lowest BCUT2D eigenvalue weighted by Gasteiger charge is -2.11. The van der Waals surface area contributed by atoms with Crippen LogP contribution in [0.5, 0.6) is 5.75 Å². The molecular weight excluding hydrogens is 290 g/mol. The summed E-state index contributed by atoms with van der Waals surface area (Å²) in [5.74, 6) is 0.280. The maximum Gasteiger partial charge on any atom is 0.272 e. The minimum atomic E-state index is -2.60. The monoisotopic (exact) mass is 298 g/mol. The van der Waals surface area contributed by atoms with Gasteiger partial charge in [0.1, 0.15) is 17.8 Å². The number of hydrogen-bond donors (Lipinski definition) is 0. The van der Waals surface area contributed by atoms with Crippen molar-refractivity contribution in [2.75, 3.05) is 6.61 Å². The van der Waals surface area contributed by atoms with Gasteiger partial charge in [-0.1, -0.05) is 11.6 Å². The van der Waals surface area contributed by atoms with Crippen LogP contribution in [-0.4, -0.2) is 27.8 Å². The van der Waals surface area contributed by atoms with Gasteiger partial charge in [-0.3, -0.25) is 0 Å². The fraction of sp³-hybridized carbons (Fsp3) is 0.250. The molecule has 0 unspecified atom stereocenters. The van der Waals surface area contributed by atoms with Crippen molar-refractivity contribution in [3.05, 3.63) is 34.7 Å². The van der Waals surface area contributed by atoms with Crippen LogP contribution < -0.4 is 4.74 Å². The number of nitrogens with zero attached hydrogens (tertiary/aromatic N) is 4. The molecule has 0 aliphatic rings. The zero-order valence-corrected chi connectivity index (χ0v) is 11.1. The lowest BCUT2D eigenvalue weighted by atomic mass is 10.4. The van der Waals surface area contributed by atoms with Gasteiger partial charge in [-0.25, -0.2) is 18.4 Å². The van der Waals surface area contributed by atoms with E-state index < -0.39 is 13.0 Å². The lowest BCUT2D eigenvalue weighted by Crippen LogP contribution is -2.11. The fourth-order valence-electron chi connectivity index (χ4n) is 1.57. The Morgan fingerprint density at radius 2 is 2.25 bits per heavy atom. The standard InChI is InChI=1S/C12H9ClF2N4O/c1-7-4-8(5-16)18-19(7)12-9(20-6-11(14)15)2-3-10(13)17-12/h2-4,11H,6H2,1H3. The Hall–Kier alpha value is -2.20. The van der Waals surface area contributed by atoms with Crippen molar-refractivity contribution in [3.63, 3.8) is 0 Å². The first kappa shape index (κ1) is 14.2. The highest BCUT2D eigenvalue weighted by atomic mass is 35.5. The van der Waals surface area contributed by atoms with Gasteiger partial charge >= 0.3 is 0 Å². The molecule has 0 saturated heterocycles. The SMILES string of the molecule is Cc1cc(C#N)nn1-c1nc(Cl)ccc1OCC(F)F. The second kappa shape index (κ2) is 5.84. The average molecular weight is 299 g/mol. The number of nitriles is 1. The van der Waals surface area contributed by atoms with E-state index in [0.717, 1.165) is 0 Å². The number of ether oxygens (including phenoxy) is 1. The molecule has 2 heterocycles. The van der Waals surface area contributed by atoms with Crippen LogP contribution in [0.4, 0.5) is 8.78 Å². The van der Waals surface area contributed by atoms with Gasteiger partial charge in [0.15, 0.2) is 17.3 Å². The summed E-state index contributed by atoms with van der Waals surface area (Å²) < 4.78 is 30.8. The van der Waals surface area contributed by atoms with Gasteiger partial charge in [0.2, 0.25) is 0 Å². The highest BCUT2D eigenvalue weighted by Crippen LogP contribution is 2.24. The first-order valence-corrected chi connectivity index (χ1v) is 5.93. The summed E-state index contributed by atoms with van der Waals surface area (Å²) in [4.78, 5) is 4.02. The van der Waals surface area contributed by atoms with E-state index in [2.05, 4.69) is 10.1 Å². The number of aromatic nitrogens is 3. The van der Waals surface area contributed by atoms with Crippen LogP contribution >= 0.6 is 11.6 Å². The van der Waals surface area contributed by atoms with Crippen molar-refractivity contribution in [1.82, 2.24) is 14.8 Å². The number of pyridine rings is 1. The summed E-state index contributed by atoms with van der Waals surface area (Å²) in [6, 6.07) is 6.29. The third kappa shape index (κ3) is 3.03. The van der Waals surface area contributed by atoms with E-state index in [9.17, 15) is 8.78 Å². The normalized spacial score (nSPS) is 10.6. The summed E-state index contributed by atoms with van der Waals surface area (Å²) >= 11 is 5.80. The second-order valence-electron chi connectivity index (χ2n) is 3.85. The van der Waals surface area contributed by atoms with E-state index in [1.165, 1.54) is 16.8 Å². The molecule has 0 aliphatic heterocycles. The second-order valence-corrected chi connectivity index (χ2v) is 4.24. The Kier molecular flexibility index (Phi) is 4.15. The third-order valence-electron chi connectivity index (χ3n) is 2.37. The number of aryl methyl sites for hydroxylation is 1. The van der Waals surface area contributed by atoms with Crippen LogP contribution in [0.1, 0.15) is 11.4 Å². The minimum absolute atomic E-state index is 0.116. The first-order chi connectivity index (χ1) is 9.51. The van der Waals surface area contributed by atoms with Gasteiger partial charge in [0.05, 0.1) is 0 Å². The minimum Gasteiger partial charge on any atom is -0.484 e. The summed E-state index contributed by atoms with van der Waals surface area (Å²) in [6.45, 7) is 0.940. The topological polar surface area (TPSA) is 63.7 Å². The van der Waals surface area contributed by atoms with Crippen molar-refractivity contribution >= 4 is 11.6 Å². The molecule has 2 aromatic rings. The van der Waals surface area contributed by atoms with Crippen LogP contribution in [0, 0.1) is 18.3 Å². The van der Waals surface area contributed by atoms with Gasteiger partial charge in [-0.15, -0.1) is 0 Å². The molecule has 0 spiro atoms. The molecule has 20 heavy (non-hydrogen) atoms. The average Bonchev–Trinajstić information content (AvgIpc) is 2.78. The van der Waals surface area contributed by atoms with Crippen LogP contribution in [0.15, 0.2) is 18.2 Å². The Morgan fingerprint density at radius 3 is 2.85 bits per heavy atom. The molecule has 0 radical (unpaired) electrons. The Bertz CT molecular complexity index is 666. The van der Waals surface area contributed by atoms with Gasteiger partial charge in [0, 0.05) is 5.69 Å². The van der Waals surface area contributed by atoms with Gasteiger partial charge in [-0.05, 0) is 25.1 Å². The van der Waals surface area contributed by atoms with Crippen LogP contribution in [-0.2, 0) is 0 Å². The van der Waals surface area contributed by atoms with Gasteiger partial charge in [-0.2, -0.15) is 10.4 Å². The van der Waals surface area contributed by atoms with E-state index in [4.69, 9.17) is 21.6 Å². The molecule has 0 bridgehead atoms. The van der Waals surface area contributed by atoms with E-state index >= 15 is 0 Å². The summed E-state index contributed by atoms with van der Waals surface area (Å²) in [5.41, 5.74) is 0.794. The van der Waals surface area contributed by atoms with Crippen molar-refractivity contribution in [2.24, 2.45) is 0 Å². The largest absolute Gasteiger partial charge is 0.484 e. The highest BCUT2D eigenvalue weighted by Gasteiger charge is 2.15. The molecule has 8 heteroatoms. The molecule has 0 fully saturated rings. The molecule has 2 rings (SSSR count). The van der Waals surface area contributed by atoms with E-state index in [-0.39, 0.29) is 22.4 Å². The number of rotatable bonds is 4. The molecule has 5 nitrogen and oxygen atoms in total. The predicted octanol–water partition coefficient (Wildman–Crippen LogP) is 2.74. The third-order valence-corrected chi connectivity index (χ3v) is 2.58. The lowest BCUT2D eigenvalue weighted by molar-refractivity contribution is 0.0816. The molecule has 0 atom stereocenters. The van der Waals surface area contributed by atoms with E-state index in [1.54, 1.807) is 13.0 Å². The Balaban J connectivity index is 2.45. The number of hydrogen-bond acceptors (Lipinski definition) is 4. The summed E-state index contributed by atoms with van der Waals surface area (Å²) in [5, 5.41) is 13.0. The highest BCUT2D eigenvalue weighted by molar-refractivity contribution is 6.29. The van der Waals surface area contributed by atoms with E-state index in [0.29, 0.717) is 5.69 Å². The molecule has 104 valence electrons. The van der Waals surface area contributed by atoms with Crippen LogP contribution in [0.2, 0.25) is 5.15 Å². The molecule has 0 amide bonds. The van der Waals surface area contributed by atoms with Crippen LogP contribution in [0.25, 0.3) is 5.82 Å². The molecule has 2 aromatic heterocycles. The zero-order valence-electron chi connectivity index (χ0n) is 10.3. The Labute approximate surface area is 118 Å². The smallest absolute Gasteiger partial charge is 0.272 e. The van der Waals surface area contributed by atoms with Crippen molar-refractivity contribution in [3.8, 4) is 17.6 Å². The molecular formula is C12H9ClF2N4O. The summed E-state index contributed by atoms with van der Waals surface area (Å²) in [6.07, 6.45) is -2.60. The van der Waals surface area contributed by atoms with Gasteiger partial charge < -0.3 is 4.74 Å². The fourth-order valence-corrected chi connectivity index (χ4v) is 1.72. The number of alkyl halides is 2. The molecule has 0 aromatic carbocycles. The predicted molar refractivity (Wildman–Crippen MR) is 67.3 cm³/mol. The van der Waals surface area contributed by atoms with Crippen molar-refractivity contribution in [1.29, 1.82) is 5.26 Å². The van der Waals surface area contributed by atoms with Crippen molar-refractivity contribution in [2.45, 2.75) is 13.3 Å². The molecule has 0 aliphatic carbocycles. The quantitative estimate of drug-likeness (QED) is 0.814. The first-order valence-electron chi connectivity index (χ1n) is 5.56. The number of halogens is 3. The maximum atomic E-state index is 12.2.